The molecule has 0 aromatic heterocycles. The van der Waals surface area contributed by atoms with Crippen molar-refractivity contribution in [2.45, 2.75) is 5.41 Å². The van der Waals surface area contributed by atoms with E-state index < -0.39 is 17.4 Å². The van der Waals surface area contributed by atoms with E-state index in [0.29, 0.717) is 23.0 Å². The van der Waals surface area contributed by atoms with Gasteiger partial charge in [-0.25, -0.2) is 9.59 Å². The zero-order chi connectivity index (χ0) is 30.7. The Balaban J connectivity index is 1.29. The SMILES string of the molecule is O=C(O)c1ccc(Oc2ccc3c(c2)C2(c4ccccc4-3)c3ccccc3-c3ccc(Oc4ccc(C(=O)O)cc4)cc32)cc1. The largest absolute Gasteiger partial charge is 0.478 e. The predicted octanol–water partition coefficient (Wildman–Crippen LogP) is 9.01. The van der Waals surface area contributed by atoms with Gasteiger partial charge in [-0.05, 0) is 117 Å². The molecular weight excluding hydrogens is 564 g/mol. The van der Waals surface area contributed by atoms with Crippen molar-refractivity contribution in [3.63, 3.8) is 0 Å². The van der Waals surface area contributed by atoms with Gasteiger partial charge >= 0.3 is 11.9 Å². The molecule has 0 unspecified atom stereocenters. The molecule has 0 atom stereocenters. The molecule has 6 aromatic rings. The Bertz CT molecular complexity index is 2010. The van der Waals surface area contributed by atoms with Crippen molar-refractivity contribution in [2.75, 3.05) is 0 Å². The number of hydrogen-bond donors (Lipinski definition) is 2. The molecule has 0 amide bonds. The lowest BCUT2D eigenvalue weighted by Gasteiger charge is -2.30. The summed E-state index contributed by atoms with van der Waals surface area (Å²) in [7, 11) is 0. The van der Waals surface area contributed by atoms with Crippen molar-refractivity contribution < 1.29 is 29.3 Å². The van der Waals surface area contributed by atoms with Gasteiger partial charge in [0.05, 0.1) is 16.5 Å². The molecule has 6 nitrogen and oxygen atoms in total. The average molecular weight is 589 g/mol. The maximum absolute atomic E-state index is 11.3. The van der Waals surface area contributed by atoms with Crippen molar-refractivity contribution in [3.05, 3.63) is 167 Å². The number of ether oxygens (including phenoxy) is 2. The van der Waals surface area contributed by atoms with Crippen LogP contribution in [0.25, 0.3) is 22.3 Å². The Morgan fingerprint density at radius 3 is 1.18 bits per heavy atom. The molecule has 2 N–H and O–H groups in total. The quantitative estimate of drug-likeness (QED) is 0.201. The van der Waals surface area contributed by atoms with Crippen LogP contribution in [0.4, 0.5) is 0 Å². The zero-order valence-electron chi connectivity index (χ0n) is 23.7. The van der Waals surface area contributed by atoms with E-state index in [4.69, 9.17) is 9.47 Å². The molecule has 1 spiro atoms. The van der Waals surface area contributed by atoms with Crippen LogP contribution in [0.1, 0.15) is 43.0 Å². The number of benzene rings is 6. The first-order valence-corrected chi connectivity index (χ1v) is 14.4. The Morgan fingerprint density at radius 1 is 0.422 bits per heavy atom. The molecular formula is C39H24O6. The van der Waals surface area contributed by atoms with Crippen LogP contribution in [0.2, 0.25) is 0 Å². The maximum atomic E-state index is 11.3. The van der Waals surface area contributed by atoms with Gasteiger partial charge < -0.3 is 19.7 Å². The number of carboxylic acids is 2. The summed E-state index contributed by atoms with van der Waals surface area (Å²) in [5.41, 5.74) is 8.74. The van der Waals surface area contributed by atoms with Gasteiger partial charge in [-0.1, -0.05) is 60.7 Å². The molecule has 0 bridgehead atoms. The molecule has 45 heavy (non-hydrogen) atoms. The summed E-state index contributed by atoms with van der Waals surface area (Å²) in [5.74, 6) is 0.389. The van der Waals surface area contributed by atoms with Crippen LogP contribution in [0.3, 0.4) is 0 Å². The van der Waals surface area contributed by atoms with E-state index in [2.05, 4.69) is 72.8 Å². The third kappa shape index (κ3) is 4.03. The highest BCUT2D eigenvalue weighted by atomic mass is 16.5. The smallest absolute Gasteiger partial charge is 0.335 e. The molecule has 6 heteroatoms. The first-order chi connectivity index (χ1) is 21.9. The number of carboxylic acid groups (broad SMARTS) is 2. The standard InChI is InChI=1S/C39H24O6/c40-37(41)23-9-13-25(14-10-23)44-27-17-19-31-29-5-1-3-7-33(29)39(35(31)21-27)34-8-4-2-6-30(34)32-20-18-28(22-36(32)39)45-26-15-11-24(12-16-26)38(42)43/h1-22H,(H,40,41)(H,42,43). The third-order valence-corrected chi connectivity index (χ3v) is 8.71. The number of hydrogen-bond acceptors (Lipinski definition) is 4. The van der Waals surface area contributed by atoms with Crippen molar-refractivity contribution in [1.82, 2.24) is 0 Å². The second kappa shape index (κ2) is 9.96. The molecule has 2 aliphatic carbocycles. The zero-order valence-corrected chi connectivity index (χ0v) is 23.7. The first kappa shape index (κ1) is 26.5. The van der Waals surface area contributed by atoms with Gasteiger partial charge in [0.1, 0.15) is 23.0 Å². The second-order valence-electron chi connectivity index (χ2n) is 11.1. The van der Waals surface area contributed by atoms with E-state index in [1.165, 1.54) is 24.3 Å². The van der Waals surface area contributed by atoms with Crippen molar-refractivity contribution in [1.29, 1.82) is 0 Å². The van der Waals surface area contributed by atoms with E-state index >= 15 is 0 Å². The lowest BCUT2D eigenvalue weighted by Crippen LogP contribution is -2.25. The van der Waals surface area contributed by atoms with E-state index in [1.807, 2.05) is 12.1 Å². The van der Waals surface area contributed by atoms with E-state index in [9.17, 15) is 19.8 Å². The minimum atomic E-state index is -0.988. The molecule has 8 rings (SSSR count). The van der Waals surface area contributed by atoms with E-state index in [0.717, 1.165) is 44.5 Å². The average Bonchev–Trinajstić information content (AvgIpc) is 3.52. The van der Waals surface area contributed by atoms with Crippen LogP contribution < -0.4 is 9.47 Å². The molecule has 0 saturated heterocycles. The molecule has 6 aromatic carbocycles. The number of carbonyl (C=O) groups is 2. The van der Waals surface area contributed by atoms with Gasteiger partial charge in [0, 0.05) is 0 Å². The van der Waals surface area contributed by atoms with Gasteiger partial charge in [-0.2, -0.15) is 0 Å². The number of fused-ring (bicyclic) bond motifs is 10. The van der Waals surface area contributed by atoms with Crippen LogP contribution in [0.15, 0.2) is 133 Å². The van der Waals surface area contributed by atoms with Crippen molar-refractivity contribution in [2.24, 2.45) is 0 Å². The van der Waals surface area contributed by atoms with Crippen LogP contribution in [-0.4, -0.2) is 22.2 Å². The summed E-state index contributed by atoms with van der Waals surface area (Å²) >= 11 is 0. The molecule has 0 radical (unpaired) electrons. The first-order valence-electron chi connectivity index (χ1n) is 14.4. The fourth-order valence-corrected chi connectivity index (χ4v) is 6.83. The van der Waals surface area contributed by atoms with Gasteiger partial charge in [0.15, 0.2) is 0 Å². The highest BCUT2D eigenvalue weighted by Gasteiger charge is 2.52. The highest BCUT2D eigenvalue weighted by molar-refractivity contribution is 5.95. The number of rotatable bonds is 6. The molecule has 0 fully saturated rings. The van der Waals surface area contributed by atoms with Crippen LogP contribution >= 0.6 is 0 Å². The van der Waals surface area contributed by atoms with Crippen LogP contribution in [0, 0.1) is 0 Å². The third-order valence-electron chi connectivity index (χ3n) is 8.71. The summed E-state index contributed by atoms with van der Waals surface area (Å²) in [5, 5.41) is 18.6. The summed E-state index contributed by atoms with van der Waals surface area (Å²) < 4.78 is 12.6. The molecule has 0 aliphatic heterocycles. The summed E-state index contributed by atoms with van der Waals surface area (Å²) in [4.78, 5) is 22.7. The van der Waals surface area contributed by atoms with Crippen LogP contribution in [0.5, 0.6) is 23.0 Å². The summed E-state index contributed by atoms with van der Waals surface area (Å²) in [6.45, 7) is 0. The monoisotopic (exact) mass is 588 g/mol. The van der Waals surface area contributed by atoms with Crippen molar-refractivity contribution >= 4 is 11.9 Å². The lowest BCUT2D eigenvalue weighted by atomic mass is 9.70. The summed E-state index contributed by atoms with van der Waals surface area (Å²) in [6.07, 6.45) is 0. The minimum absolute atomic E-state index is 0.195. The molecule has 0 saturated carbocycles. The van der Waals surface area contributed by atoms with Crippen LogP contribution in [-0.2, 0) is 5.41 Å². The predicted molar refractivity (Wildman–Crippen MR) is 170 cm³/mol. The maximum Gasteiger partial charge on any atom is 0.335 e. The van der Waals surface area contributed by atoms with Gasteiger partial charge in [0.2, 0.25) is 0 Å². The normalized spacial score (nSPS) is 13.0. The van der Waals surface area contributed by atoms with Gasteiger partial charge in [-0.3, -0.25) is 0 Å². The fourth-order valence-electron chi connectivity index (χ4n) is 6.83. The van der Waals surface area contributed by atoms with Crippen molar-refractivity contribution in [3.8, 4) is 45.3 Å². The summed E-state index contributed by atoms with van der Waals surface area (Å²) in [6, 6.07) is 41.9. The van der Waals surface area contributed by atoms with Gasteiger partial charge in [0.25, 0.3) is 0 Å². The molecule has 216 valence electrons. The second-order valence-corrected chi connectivity index (χ2v) is 11.1. The Morgan fingerprint density at radius 2 is 0.778 bits per heavy atom. The molecule has 0 heterocycles. The lowest BCUT2D eigenvalue weighted by molar-refractivity contribution is 0.0686. The van der Waals surface area contributed by atoms with Gasteiger partial charge in [-0.15, -0.1) is 0 Å². The fraction of sp³-hybridized carbons (Fsp3) is 0.0256. The van der Waals surface area contributed by atoms with E-state index in [1.54, 1.807) is 24.3 Å². The minimum Gasteiger partial charge on any atom is -0.478 e. The topological polar surface area (TPSA) is 93.1 Å². The number of aromatic carboxylic acids is 2. The highest BCUT2D eigenvalue weighted by Crippen LogP contribution is 2.63. The Kier molecular flexibility index (Phi) is 5.86. The Labute approximate surface area is 258 Å². The molecule has 2 aliphatic rings. The Hall–Kier alpha value is -6.14. The van der Waals surface area contributed by atoms with E-state index in [-0.39, 0.29) is 11.1 Å².